The number of rotatable bonds is 11. The van der Waals surface area contributed by atoms with E-state index in [0.29, 0.717) is 85.0 Å². The quantitative estimate of drug-likeness (QED) is 0.120. The second kappa shape index (κ2) is 12.9. The molecule has 0 spiro atoms. The van der Waals surface area contributed by atoms with Crippen LogP contribution in [-0.4, -0.2) is 86.1 Å². The van der Waals surface area contributed by atoms with Gasteiger partial charge in [-0.05, 0) is 30.7 Å². The molecule has 1 atom stereocenters. The van der Waals surface area contributed by atoms with Crippen molar-refractivity contribution in [2.45, 2.75) is 17.9 Å². The number of hydrogen-bond acceptors (Lipinski definition) is 11. The first kappa shape index (κ1) is 28.2. The van der Waals surface area contributed by atoms with Crippen molar-refractivity contribution in [2.75, 3.05) is 55.6 Å². The van der Waals surface area contributed by atoms with Crippen LogP contribution in [0.25, 0.3) is 22.6 Å². The highest BCUT2D eigenvalue weighted by molar-refractivity contribution is 7.89. The van der Waals surface area contributed by atoms with Crippen LogP contribution >= 0.6 is 11.6 Å². The Bertz CT molecular complexity index is 1450. The fourth-order valence-electron chi connectivity index (χ4n) is 4.27. The minimum atomic E-state index is -1.32. The highest BCUT2D eigenvalue weighted by Crippen LogP contribution is 2.29. The second-order valence-corrected chi connectivity index (χ2v) is 10.9. The lowest BCUT2D eigenvalue weighted by Gasteiger charge is -2.28. The Balaban J connectivity index is 1.48. The average molecular weight is 584 g/mol. The van der Waals surface area contributed by atoms with Crippen molar-refractivity contribution < 1.29 is 14.1 Å². The second-order valence-electron chi connectivity index (χ2n) is 9.25. The van der Waals surface area contributed by atoms with Gasteiger partial charge < -0.3 is 23.7 Å². The first-order valence-corrected chi connectivity index (χ1v) is 14.5. The van der Waals surface area contributed by atoms with Gasteiger partial charge in [0.25, 0.3) is 0 Å². The summed E-state index contributed by atoms with van der Waals surface area (Å²) in [6.45, 7) is 3.60. The maximum Gasteiger partial charge on any atom is 0.225 e. The van der Waals surface area contributed by atoms with E-state index in [9.17, 15) is 9.35 Å². The van der Waals surface area contributed by atoms with E-state index in [-0.39, 0.29) is 0 Å². The number of aryl methyl sites for hydroxylation is 1. The molecule has 0 aliphatic carbocycles. The summed E-state index contributed by atoms with van der Waals surface area (Å²) in [5.41, 5.74) is 2.62. The molecule has 1 aromatic carbocycles. The lowest BCUT2D eigenvalue weighted by atomic mass is 10.2. The van der Waals surface area contributed by atoms with E-state index in [0.717, 1.165) is 23.6 Å². The number of aldehydes is 1. The van der Waals surface area contributed by atoms with Gasteiger partial charge in [0, 0.05) is 57.6 Å². The van der Waals surface area contributed by atoms with E-state index in [4.69, 9.17) is 31.3 Å². The molecule has 12 nitrogen and oxygen atoms in total. The van der Waals surface area contributed by atoms with Gasteiger partial charge in [0.1, 0.15) is 5.82 Å². The van der Waals surface area contributed by atoms with Crippen molar-refractivity contribution in [3.63, 3.8) is 0 Å². The maximum absolute atomic E-state index is 12.5. The molecule has 40 heavy (non-hydrogen) atoms. The fourth-order valence-corrected chi connectivity index (χ4v) is 5.29. The van der Waals surface area contributed by atoms with Gasteiger partial charge in [0.05, 0.1) is 36.7 Å². The van der Waals surface area contributed by atoms with Crippen molar-refractivity contribution in [3.05, 3.63) is 48.0 Å². The molecule has 3 aromatic heterocycles. The third-order valence-electron chi connectivity index (χ3n) is 6.49. The van der Waals surface area contributed by atoms with Gasteiger partial charge in [-0.3, -0.25) is 4.79 Å². The number of imidazole rings is 1. The number of hydrogen-bond donors (Lipinski definition) is 1. The van der Waals surface area contributed by atoms with Crippen LogP contribution in [0.4, 0.5) is 11.8 Å². The van der Waals surface area contributed by atoms with E-state index in [1.165, 1.54) is 12.4 Å². The third-order valence-corrected chi connectivity index (χ3v) is 7.92. The molecule has 5 rings (SSSR count). The molecule has 1 N–H and O–H groups in total. The maximum atomic E-state index is 12.5. The molecule has 1 aliphatic heterocycles. The number of carbonyl (C=O) groups excluding carboxylic acids is 1. The van der Waals surface area contributed by atoms with Crippen LogP contribution < -0.4 is 14.5 Å². The lowest BCUT2D eigenvalue weighted by Crippen LogP contribution is -2.37. The summed E-state index contributed by atoms with van der Waals surface area (Å²) >= 11 is 4.40. The standard InChI is InChI=1S/C26H30ClN9O3S/c1-34(26-28-14-18(17-37)15-29-26)16-21-31-22-24(35(21)2)32-23(33-25(22)36-10-12-39-13-11-36)19-4-6-20(7-5-19)40(38)30-9-3-8-27/h4-7,14-15,17,30H,3,8-13,16H2,1-2H3. The molecular weight excluding hydrogens is 554 g/mol. The SMILES string of the molecule is CN(Cc1nc2c(N3CCOCC3)nc(-c3ccc([S+]([O-])NCCCCl)cc3)nc2n1C)c1ncc(C=O)cn1. The summed E-state index contributed by atoms with van der Waals surface area (Å²) in [7, 11) is 3.79. The molecule has 4 aromatic rings. The molecule has 4 heterocycles. The Morgan fingerprint density at radius 2 is 1.88 bits per heavy atom. The normalized spacial score (nSPS) is 14.4. The van der Waals surface area contributed by atoms with Crippen molar-refractivity contribution in [1.29, 1.82) is 0 Å². The predicted molar refractivity (Wildman–Crippen MR) is 154 cm³/mol. The molecule has 0 bridgehead atoms. The van der Waals surface area contributed by atoms with E-state index in [2.05, 4.69) is 19.6 Å². The highest BCUT2D eigenvalue weighted by atomic mass is 35.5. The zero-order valence-electron chi connectivity index (χ0n) is 22.3. The van der Waals surface area contributed by atoms with Gasteiger partial charge in [0.15, 0.2) is 34.0 Å². The molecule has 1 unspecified atom stereocenters. The molecule has 0 saturated carbocycles. The van der Waals surface area contributed by atoms with Crippen LogP contribution in [-0.2, 0) is 29.7 Å². The molecule has 0 amide bonds. The summed E-state index contributed by atoms with van der Waals surface area (Å²) in [4.78, 5) is 39.0. The number of fused-ring (bicyclic) bond motifs is 1. The van der Waals surface area contributed by atoms with Crippen molar-refractivity contribution in [2.24, 2.45) is 7.05 Å². The smallest absolute Gasteiger partial charge is 0.225 e. The summed E-state index contributed by atoms with van der Waals surface area (Å²) in [6.07, 6.45) is 4.44. The minimum absolute atomic E-state index is 0.416. The Morgan fingerprint density at radius 3 is 2.55 bits per heavy atom. The van der Waals surface area contributed by atoms with E-state index in [1.54, 1.807) is 0 Å². The third kappa shape index (κ3) is 6.18. The van der Waals surface area contributed by atoms with Crippen LogP contribution in [0.5, 0.6) is 0 Å². The first-order valence-electron chi connectivity index (χ1n) is 12.8. The Kier molecular flexibility index (Phi) is 9.07. The highest BCUT2D eigenvalue weighted by Gasteiger charge is 2.23. The molecular formula is C26H30ClN9O3S. The topological polar surface area (TPSA) is 137 Å². The number of halogens is 1. The zero-order valence-corrected chi connectivity index (χ0v) is 23.9. The van der Waals surface area contributed by atoms with Crippen LogP contribution in [0.15, 0.2) is 41.6 Å². The monoisotopic (exact) mass is 583 g/mol. The van der Waals surface area contributed by atoms with Crippen LogP contribution in [0, 0.1) is 0 Å². The molecule has 1 aliphatic rings. The van der Waals surface area contributed by atoms with Crippen molar-refractivity contribution in [3.8, 4) is 11.4 Å². The largest absolute Gasteiger partial charge is 0.593 e. The molecule has 0 radical (unpaired) electrons. The summed E-state index contributed by atoms with van der Waals surface area (Å²) in [5.74, 6) is 3.05. The van der Waals surface area contributed by atoms with Gasteiger partial charge in [-0.2, -0.15) is 0 Å². The fraction of sp³-hybridized carbons (Fsp3) is 0.385. The predicted octanol–water partition coefficient (Wildman–Crippen LogP) is 2.35. The van der Waals surface area contributed by atoms with Crippen LogP contribution in [0.3, 0.4) is 0 Å². The number of morpholine rings is 1. The summed E-state index contributed by atoms with van der Waals surface area (Å²) < 4.78 is 23.0. The summed E-state index contributed by atoms with van der Waals surface area (Å²) in [6, 6.07) is 7.40. The molecule has 210 valence electrons. The number of ether oxygens (including phenoxy) is 1. The van der Waals surface area contributed by atoms with E-state index >= 15 is 0 Å². The molecule has 14 heteroatoms. The molecule has 1 saturated heterocycles. The van der Waals surface area contributed by atoms with Crippen LogP contribution in [0.1, 0.15) is 22.6 Å². The zero-order chi connectivity index (χ0) is 28.1. The number of aromatic nitrogens is 6. The number of carbonyl (C=O) groups is 1. The number of benzene rings is 1. The van der Waals surface area contributed by atoms with Crippen molar-refractivity contribution >= 4 is 52.2 Å². The van der Waals surface area contributed by atoms with Gasteiger partial charge >= 0.3 is 0 Å². The number of anilines is 2. The van der Waals surface area contributed by atoms with Gasteiger partial charge in [-0.1, -0.05) is 0 Å². The Labute approximate surface area is 240 Å². The summed E-state index contributed by atoms with van der Waals surface area (Å²) in [5, 5.41) is 0. The number of nitrogens with one attached hydrogen (secondary N) is 1. The lowest BCUT2D eigenvalue weighted by molar-refractivity contribution is 0.112. The van der Waals surface area contributed by atoms with Crippen LogP contribution in [0.2, 0.25) is 0 Å². The van der Waals surface area contributed by atoms with Gasteiger partial charge in [0.2, 0.25) is 5.95 Å². The Morgan fingerprint density at radius 1 is 1.15 bits per heavy atom. The number of alkyl halides is 1. The van der Waals surface area contributed by atoms with E-state index < -0.39 is 11.4 Å². The van der Waals surface area contributed by atoms with Gasteiger partial charge in [-0.25, -0.2) is 24.9 Å². The first-order chi connectivity index (χ1) is 19.5. The van der Waals surface area contributed by atoms with Crippen molar-refractivity contribution in [1.82, 2.24) is 34.2 Å². The number of nitrogens with zero attached hydrogens (tertiary/aromatic N) is 8. The van der Waals surface area contributed by atoms with E-state index in [1.807, 2.05) is 47.8 Å². The molecule has 1 fully saturated rings. The van der Waals surface area contributed by atoms with Gasteiger partial charge in [-0.15, -0.1) is 16.3 Å². The average Bonchev–Trinajstić information content (AvgIpc) is 3.31. The Hall–Kier alpha value is -3.36. The minimum Gasteiger partial charge on any atom is -0.593 e.